The molecule has 0 fully saturated rings. The molecule has 0 aliphatic carbocycles. The summed E-state index contributed by atoms with van der Waals surface area (Å²) in [7, 11) is 0. The molecule has 0 atom stereocenters. The second-order valence-electron chi connectivity index (χ2n) is 6.79. The van der Waals surface area contributed by atoms with E-state index in [-0.39, 0.29) is 5.91 Å². The number of carbonyl (C=O) groups is 1. The number of hydrogen-bond acceptors (Lipinski definition) is 4. The van der Waals surface area contributed by atoms with Gasteiger partial charge in [0.15, 0.2) is 0 Å². The summed E-state index contributed by atoms with van der Waals surface area (Å²) in [5, 5.41) is 5.41. The second-order valence-corrected chi connectivity index (χ2v) is 8.22. The van der Waals surface area contributed by atoms with E-state index >= 15 is 0 Å². The van der Waals surface area contributed by atoms with Gasteiger partial charge in [-0.05, 0) is 41.8 Å². The van der Waals surface area contributed by atoms with Gasteiger partial charge in [0.25, 0.3) is 5.91 Å². The number of benzene rings is 3. The molecule has 0 unspecified atom stereocenters. The molecular formula is C24H19ClN2O2S. The minimum absolute atomic E-state index is 0.327. The summed E-state index contributed by atoms with van der Waals surface area (Å²) < 4.78 is 6.81. The number of thiophene rings is 1. The number of rotatable bonds is 6. The molecule has 4 aromatic rings. The number of ether oxygens (including phenoxy) is 1. The molecule has 150 valence electrons. The Hall–Kier alpha value is -3.15. The molecule has 0 aliphatic rings. The summed E-state index contributed by atoms with van der Waals surface area (Å²) in [5.74, 6) is 0.406. The van der Waals surface area contributed by atoms with Gasteiger partial charge in [-0.2, -0.15) is 5.10 Å². The number of nitrogens with zero attached hydrogens (tertiary/aromatic N) is 1. The van der Waals surface area contributed by atoms with Crippen molar-refractivity contribution in [3.05, 3.63) is 99.4 Å². The van der Waals surface area contributed by atoms with Crippen LogP contribution in [-0.4, -0.2) is 12.1 Å². The molecule has 0 aliphatic heterocycles. The molecule has 4 rings (SSSR count). The minimum Gasteiger partial charge on any atom is -0.489 e. The highest BCUT2D eigenvalue weighted by Crippen LogP contribution is 2.35. The second kappa shape index (κ2) is 9.11. The predicted molar refractivity (Wildman–Crippen MR) is 124 cm³/mol. The Kier molecular flexibility index (Phi) is 6.12. The van der Waals surface area contributed by atoms with E-state index in [1.54, 1.807) is 6.21 Å². The summed E-state index contributed by atoms with van der Waals surface area (Å²) in [4.78, 5) is 13.0. The number of aryl methyl sites for hydroxylation is 1. The largest absolute Gasteiger partial charge is 0.489 e. The average Bonchev–Trinajstić information content (AvgIpc) is 3.09. The Balaban J connectivity index is 1.41. The maximum absolute atomic E-state index is 12.5. The summed E-state index contributed by atoms with van der Waals surface area (Å²) in [5.41, 5.74) is 5.60. The Morgan fingerprint density at radius 2 is 1.93 bits per heavy atom. The number of halogens is 1. The van der Waals surface area contributed by atoms with Crippen molar-refractivity contribution in [2.24, 2.45) is 5.10 Å². The Bertz CT molecular complexity index is 1220. The number of amides is 1. The van der Waals surface area contributed by atoms with Crippen LogP contribution in [0.3, 0.4) is 0 Å². The third kappa shape index (κ3) is 4.70. The van der Waals surface area contributed by atoms with Crippen LogP contribution in [0.25, 0.3) is 10.1 Å². The van der Waals surface area contributed by atoms with Gasteiger partial charge in [0, 0.05) is 10.1 Å². The fourth-order valence-corrected chi connectivity index (χ4v) is 4.47. The normalized spacial score (nSPS) is 11.1. The van der Waals surface area contributed by atoms with Crippen LogP contribution in [0.5, 0.6) is 5.75 Å². The van der Waals surface area contributed by atoms with Crippen LogP contribution in [0.1, 0.15) is 26.4 Å². The number of fused-ring (bicyclic) bond motifs is 1. The molecular weight excluding hydrogens is 416 g/mol. The van der Waals surface area contributed by atoms with Crippen LogP contribution in [0.4, 0.5) is 0 Å². The highest BCUT2D eigenvalue weighted by atomic mass is 35.5. The van der Waals surface area contributed by atoms with Gasteiger partial charge >= 0.3 is 0 Å². The fraction of sp³-hybridized carbons (Fsp3) is 0.0833. The van der Waals surface area contributed by atoms with Crippen molar-refractivity contribution < 1.29 is 9.53 Å². The van der Waals surface area contributed by atoms with E-state index in [1.165, 1.54) is 11.3 Å². The molecule has 30 heavy (non-hydrogen) atoms. The molecule has 4 nitrogen and oxygen atoms in total. The lowest BCUT2D eigenvalue weighted by atomic mass is 10.2. The van der Waals surface area contributed by atoms with E-state index in [2.05, 4.69) is 10.5 Å². The molecule has 0 spiro atoms. The van der Waals surface area contributed by atoms with Crippen LogP contribution < -0.4 is 10.2 Å². The molecule has 0 saturated heterocycles. The Morgan fingerprint density at radius 3 is 2.77 bits per heavy atom. The quantitative estimate of drug-likeness (QED) is 0.290. The van der Waals surface area contributed by atoms with Crippen LogP contribution in [0.15, 0.2) is 77.9 Å². The third-order valence-electron chi connectivity index (χ3n) is 4.48. The van der Waals surface area contributed by atoms with Crippen LogP contribution >= 0.6 is 22.9 Å². The molecule has 6 heteroatoms. The number of nitrogens with one attached hydrogen (secondary N) is 1. The zero-order chi connectivity index (χ0) is 20.9. The molecule has 1 amide bonds. The van der Waals surface area contributed by atoms with Crippen LogP contribution in [0, 0.1) is 6.92 Å². The van der Waals surface area contributed by atoms with Crippen molar-refractivity contribution in [1.29, 1.82) is 0 Å². The number of carbonyl (C=O) groups excluding carboxylic acids is 1. The highest BCUT2D eigenvalue weighted by Gasteiger charge is 2.16. The molecule has 0 radical (unpaired) electrons. The Labute approximate surface area is 183 Å². The first-order valence-corrected chi connectivity index (χ1v) is 10.6. The average molecular weight is 435 g/mol. The van der Waals surface area contributed by atoms with E-state index < -0.39 is 0 Å². The van der Waals surface area contributed by atoms with Crippen LogP contribution in [-0.2, 0) is 6.61 Å². The summed E-state index contributed by atoms with van der Waals surface area (Å²) in [6, 6.07) is 23.4. The molecule has 1 aromatic heterocycles. The number of hydrazone groups is 1. The van der Waals surface area contributed by atoms with Gasteiger partial charge in [0.1, 0.15) is 17.2 Å². The van der Waals surface area contributed by atoms with E-state index in [9.17, 15) is 4.79 Å². The smallest absolute Gasteiger partial charge is 0.283 e. The van der Waals surface area contributed by atoms with Gasteiger partial charge in [0.05, 0.1) is 11.2 Å². The van der Waals surface area contributed by atoms with Gasteiger partial charge in [0.2, 0.25) is 0 Å². The van der Waals surface area contributed by atoms with Gasteiger partial charge in [-0.3, -0.25) is 4.79 Å². The number of hydrogen-bond donors (Lipinski definition) is 1. The topological polar surface area (TPSA) is 50.7 Å². The van der Waals surface area contributed by atoms with Gasteiger partial charge in [-0.15, -0.1) is 11.3 Å². The maximum Gasteiger partial charge on any atom is 0.283 e. The summed E-state index contributed by atoms with van der Waals surface area (Å²) >= 11 is 7.75. The van der Waals surface area contributed by atoms with Gasteiger partial charge in [-0.1, -0.05) is 66.2 Å². The lowest BCUT2D eigenvalue weighted by Gasteiger charge is -2.06. The van der Waals surface area contributed by atoms with E-state index in [0.29, 0.717) is 16.5 Å². The molecule has 1 heterocycles. The zero-order valence-corrected chi connectivity index (χ0v) is 17.8. The van der Waals surface area contributed by atoms with E-state index in [4.69, 9.17) is 16.3 Å². The van der Waals surface area contributed by atoms with Crippen molar-refractivity contribution in [2.75, 3.05) is 0 Å². The van der Waals surface area contributed by atoms with Crippen molar-refractivity contribution in [3.63, 3.8) is 0 Å². The van der Waals surface area contributed by atoms with Gasteiger partial charge < -0.3 is 4.74 Å². The molecule has 0 bridgehead atoms. The first kappa shape index (κ1) is 20.1. The van der Waals surface area contributed by atoms with Crippen molar-refractivity contribution >= 4 is 45.1 Å². The first-order chi connectivity index (χ1) is 14.6. The van der Waals surface area contributed by atoms with Crippen molar-refractivity contribution in [1.82, 2.24) is 5.43 Å². The zero-order valence-electron chi connectivity index (χ0n) is 16.3. The minimum atomic E-state index is -0.327. The lowest BCUT2D eigenvalue weighted by Crippen LogP contribution is -2.16. The Morgan fingerprint density at radius 1 is 1.10 bits per heavy atom. The SMILES string of the molecule is Cc1ccc2c(Cl)c(C(=O)NN=Cc3cccc(OCc4ccccc4)c3)sc2c1. The first-order valence-electron chi connectivity index (χ1n) is 9.39. The summed E-state index contributed by atoms with van der Waals surface area (Å²) in [6.45, 7) is 2.50. The summed E-state index contributed by atoms with van der Waals surface area (Å²) in [6.07, 6.45) is 1.58. The third-order valence-corrected chi connectivity index (χ3v) is 6.13. The lowest BCUT2D eigenvalue weighted by molar-refractivity contribution is 0.0959. The maximum atomic E-state index is 12.5. The standard InChI is InChI=1S/C24H19ClN2O2S/c1-16-10-11-20-21(12-16)30-23(22(20)25)24(28)27-26-14-18-8-5-9-19(13-18)29-15-17-6-3-2-4-7-17/h2-14H,15H2,1H3,(H,27,28). The van der Waals surface area contributed by atoms with Crippen molar-refractivity contribution in [3.8, 4) is 5.75 Å². The van der Waals surface area contributed by atoms with E-state index in [1.807, 2.05) is 79.7 Å². The monoisotopic (exact) mass is 434 g/mol. The fourth-order valence-electron chi connectivity index (χ4n) is 2.96. The molecule has 1 N–H and O–H groups in total. The highest BCUT2D eigenvalue weighted by molar-refractivity contribution is 7.21. The van der Waals surface area contributed by atoms with Crippen molar-refractivity contribution in [2.45, 2.75) is 13.5 Å². The van der Waals surface area contributed by atoms with Gasteiger partial charge in [-0.25, -0.2) is 5.43 Å². The molecule has 0 saturated carbocycles. The molecule has 3 aromatic carbocycles. The van der Waals surface area contributed by atoms with Crippen LogP contribution in [0.2, 0.25) is 5.02 Å². The predicted octanol–water partition coefficient (Wildman–Crippen LogP) is 6.21. The van der Waals surface area contributed by atoms with E-state index in [0.717, 1.165) is 32.5 Å².